The van der Waals surface area contributed by atoms with Crippen LogP contribution in [0.15, 0.2) is 39.6 Å². The molecular formula is C28H32N6O8. The van der Waals surface area contributed by atoms with Crippen LogP contribution in [-0.2, 0) is 23.9 Å². The highest BCUT2D eigenvalue weighted by molar-refractivity contribution is 6.24. The van der Waals surface area contributed by atoms with E-state index in [2.05, 4.69) is 20.7 Å². The number of carbonyl (C=O) groups is 5. The first-order valence-electron chi connectivity index (χ1n) is 13.8. The van der Waals surface area contributed by atoms with Gasteiger partial charge in [0.25, 0.3) is 5.91 Å². The Labute approximate surface area is 241 Å². The summed E-state index contributed by atoms with van der Waals surface area (Å²) in [5.41, 5.74) is 2.32. The van der Waals surface area contributed by atoms with Gasteiger partial charge in [-0.05, 0) is 62.8 Å². The normalized spacial score (nSPS) is 19.0. The fourth-order valence-electron chi connectivity index (χ4n) is 4.62. The Hall–Kier alpha value is -4.75. The number of carboxylic acid groups (broad SMARTS) is 1. The van der Waals surface area contributed by atoms with Crippen LogP contribution in [0, 0.1) is 12.8 Å². The van der Waals surface area contributed by atoms with Gasteiger partial charge in [-0.3, -0.25) is 24.2 Å². The molecule has 2 aliphatic heterocycles. The van der Waals surface area contributed by atoms with E-state index in [1.54, 1.807) is 37.1 Å². The van der Waals surface area contributed by atoms with Gasteiger partial charge >= 0.3 is 18.0 Å². The van der Waals surface area contributed by atoms with Gasteiger partial charge in [0.15, 0.2) is 5.84 Å². The number of hydrogen-bond acceptors (Lipinski definition) is 10. The Bertz CT molecular complexity index is 1410. The molecule has 2 saturated carbocycles. The molecule has 14 nitrogen and oxygen atoms in total. The van der Waals surface area contributed by atoms with Gasteiger partial charge in [-0.25, -0.2) is 14.7 Å². The van der Waals surface area contributed by atoms with Crippen molar-refractivity contribution in [3.63, 3.8) is 0 Å². The van der Waals surface area contributed by atoms with Crippen LogP contribution in [0.5, 0.6) is 0 Å². The van der Waals surface area contributed by atoms with Gasteiger partial charge in [-0.15, -0.1) is 0 Å². The topological polar surface area (TPSA) is 179 Å². The molecule has 222 valence electrons. The summed E-state index contributed by atoms with van der Waals surface area (Å²) in [5, 5.41) is 20.6. The van der Waals surface area contributed by atoms with Crippen LogP contribution in [0.3, 0.4) is 0 Å². The number of benzene rings is 1. The molecule has 4 aliphatic rings. The molecule has 0 spiro atoms. The molecule has 0 radical (unpaired) electrons. The highest BCUT2D eigenvalue weighted by atomic mass is 16.7. The number of aliphatic imine (C=N–C) groups is 1. The van der Waals surface area contributed by atoms with Crippen molar-refractivity contribution in [3.8, 4) is 0 Å². The second kappa shape index (κ2) is 12.0. The van der Waals surface area contributed by atoms with Crippen LogP contribution in [0.2, 0.25) is 0 Å². The zero-order valence-corrected chi connectivity index (χ0v) is 23.3. The fraction of sp³-hybridized carbons (Fsp3) is 0.464. The van der Waals surface area contributed by atoms with Gasteiger partial charge in [0, 0.05) is 17.6 Å². The standard InChI is InChI=1S/C28H32N6O8/c1-15-3-4-17(26(38)31-18-5-6-18)11-21(15)34(28(40)42-14-41-23(37)10-9-22(35)36)25-24-16(2)20(12-33(24)30-13-29-25)27(39)32-19-7-8-19/h3-4,11,13,18-20H,5-10,12,14H2,1-2H3,(H,31,38)(H,32,39)(H,35,36). The monoisotopic (exact) mass is 580 g/mol. The third kappa shape index (κ3) is 6.58. The van der Waals surface area contributed by atoms with E-state index in [9.17, 15) is 24.0 Å². The number of fused-ring (bicyclic) bond motifs is 1. The third-order valence-electron chi connectivity index (χ3n) is 7.30. The van der Waals surface area contributed by atoms with Crippen molar-refractivity contribution in [1.82, 2.24) is 15.6 Å². The van der Waals surface area contributed by atoms with Gasteiger partial charge in [0.2, 0.25) is 12.7 Å². The molecule has 42 heavy (non-hydrogen) atoms. The van der Waals surface area contributed by atoms with Gasteiger partial charge < -0.3 is 25.2 Å². The number of amides is 3. The predicted molar refractivity (Wildman–Crippen MR) is 148 cm³/mol. The smallest absolute Gasteiger partial charge is 0.423 e. The molecule has 3 N–H and O–H groups in total. The number of aliphatic carboxylic acids is 1. The highest BCUT2D eigenvalue weighted by Crippen LogP contribution is 2.35. The van der Waals surface area contributed by atoms with Crippen LogP contribution >= 0.6 is 0 Å². The number of carboxylic acids is 1. The van der Waals surface area contributed by atoms with Crippen molar-refractivity contribution in [3.05, 3.63) is 40.6 Å². The lowest BCUT2D eigenvalue weighted by atomic mass is 10.0. The SMILES string of the molecule is CC1=C2C(N(C(=O)OCOC(=O)CCC(=O)O)c3cc(C(=O)NC4CC4)ccc3C)=NC=NN2CC1C(=O)NC1CC1. The lowest BCUT2D eigenvalue weighted by Crippen LogP contribution is -2.43. The number of hydrazone groups is 1. The summed E-state index contributed by atoms with van der Waals surface area (Å²) in [6.07, 6.45) is 3.17. The molecular weight excluding hydrogens is 548 g/mol. The molecule has 1 atom stereocenters. The number of esters is 1. The molecule has 14 heteroatoms. The largest absolute Gasteiger partial charge is 0.481 e. The zero-order valence-electron chi connectivity index (χ0n) is 23.3. The third-order valence-corrected chi connectivity index (χ3v) is 7.30. The number of nitrogens with zero attached hydrogens (tertiary/aromatic N) is 4. The summed E-state index contributed by atoms with van der Waals surface area (Å²) in [7, 11) is 0. The minimum atomic E-state index is -1.16. The number of hydrogen-bond donors (Lipinski definition) is 3. The van der Waals surface area contributed by atoms with Gasteiger partial charge in [-0.1, -0.05) is 6.07 Å². The highest BCUT2D eigenvalue weighted by Gasteiger charge is 2.42. The van der Waals surface area contributed by atoms with Crippen molar-refractivity contribution < 1.29 is 38.6 Å². The van der Waals surface area contributed by atoms with Crippen molar-refractivity contribution in [2.45, 2.75) is 64.5 Å². The first-order valence-corrected chi connectivity index (χ1v) is 13.8. The summed E-state index contributed by atoms with van der Waals surface area (Å²) in [5.74, 6) is -2.84. The van der Waals surface area contributed by atoms with E-state index in [0.717, 1.165) is 30.6 Å². The average Bonchev–Trinajstić information content (AvgIpc) is 3.89. The van der Waals surface area contributed by atoms with Crippen LogP contribution in [0.25, 0.3) is 0 Å². The van der Waals surface area contributed by atoms with Gasteiger partial charge in [0.1, 0.15) is 12.0 Å². The summed E-state index contributed by atoms with van der Waals surface area (Å²) in [6, 6.07) is 5.19. The van der Waals surface area contributed by atoms with Crippen LogP contribution in [0.4, 0.5) is 10.5 Å². The molecule has 1 aromatic rings. The van der Waals surface area contributed by atoms with Gasteiger partial charge in [0.05, 0.1) is 31.0 Å². The number of nitrogens with one attached hydrogen (secondary N) is 2. The number of anilines is 1. The molecule has 0 bridgehead atoms. The maximum atomic E-state index is 13.6. The number of ether oxygens (including phenoxy) is 2. The van der Waals surface area contributed by atoms with Crippen molar-refractivity contribution in [2.24, 2.45) is 16.0 Å². The summed E-state index contributed by atoms with van der Waals surface area (Å²) < 4.78 is 10.2. The lowest BCUT2D eigenvalue weighted by Gasteiger charge is -2.30. The maximum absolute atomic E-state index is 13.6. The minimum absolute atomic E-state index is 0.120. The molecule has 0 aromatic heterocycles. The lowest BCUT2D eigenvalue weighted by molar-refractivity contribution is -0.154. The van der Waals surface area contributed by atoms with E-state index >= 15 is 0 Å². The zero-order chi connectivity index (χ0) is 30.0. The second-order valence-corrected chi connectivity index (χ2v) is 10.7. The fourth-order valence-corrected chi connectivity index (χ4v) is 4.62. The maximum Gasteiger partial charge on any atom is 0.423 e. The molecule has 2 fully saturated rings. The van der Waals surface area contributed by atoms with E-state index in [0.29, 0.717) is 28.1 Å². The van der Waals surface area contributed by atoms with Crippen LogP contribution in [-0.4, -0.2) is 77.6 Å². The Morgan fingerprint density at radius 3 is 2.43 bits per heavy atom. The Balaban J connectivity index is 1.45. The molecule has 2 aliphatic carbocycles. The Morgan fingerprint density at radius 2 is 1.74 bits per heavy atom. The number of carbonyl (C=O) groups excluding carboxylic acids is 4. The summed E-state index contributed by atoms with van der Waals surface area (Å²) in [6.45, 7) is 3.01. The predicted octanol–water partition coefficient (Wildman–Crippen LogP) is 2.04. The average molecular weight is 581 g/mol. The molecule has 3 amide bonds. The van der Waals surface area contributed by atoms with E-state index in [1.165, 1.54) is 6.34 Å². The first kappa shape index (κ1) is 28.8. The van der Waals surface area contributed by atoms with E-state index in [1.807, 2.05) is 0 Å². The van der Waals surface area contributed by atoms with E-state index in [4.69, 9.17) is 14.6 Å². The quantitative estimate of drug-likeness (QED) is 0.276. The van der Waals surface area contributed by atoms with Crippen molar-refractivity contribution >= 4 is 47.7 Å². The second-order valence-electron chi connectivity index (χ2n) is 10.7. The summed E-state index contributed by atoms with van der Waals surface area (Å²) >= 11 is 0. The number of aryl methyl sites for hydroxylation is 1. The first-order chi connectivity index (χ1) is 20.1. The van der Waals surface area contributed by atoms with E-state index < -0.39 is 37.2 Å². The molecule has 0 saturated heterocycles. The van der Waals surface area contributed by atoms with Crippen molar-refractivity contribution in [1.29, 1.82) is 0 Å². The van der Waals surface area contributed by atoms with E-state index in [-0.39, 0.29) is 42.7 Å². The molecule has 2 heterocycles. The van der Waals surface area contributed by atoms with Crippen LogP contribution < -0.4 is 15.5 Å². The minimum Gasteiger partial charge on any atom is -0.481 e. The molecule has 1 unspecified atom stereocenters. The van der Waals surface area contributed by atoms with Crippen LogP contribution in [0.1, 0.15) is 61.4 Å². The number of rotatable bonds is 10. The number of amidine groups is 1. The molecule has 5 rings (SSSR count). The molecule has 1 aromatic carbocycles. The Kier molecular flexibility index (Phi) is 8.22. The van der Waals surface area contributed by atoms with Crippen molar-refractivity contribution in [2.75, 3.05) is 18.2 Å². The van der Waals surface area contributed by atoms with Gasteiger partial charge in [-0.2, -0.15) is 5.10 Å². The summed E-state index contributed by atoms with van der Waals surface area (Å²) in [4.78, 5) is 67.7. The Morgan fingerprint density at radius 1 is 1.02 bits per heavy atom.